The van der Waals surface area contributed by atoms with Gasteiger partial charge in [-0.25, -0.2) is 8.42 Å². The van der Waals surface area contributed by atoms with Crippen molar-refractivity contribution in [3.05, 3.63) is 60.2 Å². The van der Waals surface area contributed by atoms with E-state index in [1.165, 1.54) is 29.2 Å². The molecule has 0 saturated heterocycles. The predicted molar refractivity (Wildman–Crippen MR) is 90.9 cm³/mol. The number of nitrogens with one attached hydrogen (secondary N) is 1. The van der Waals surface area contributed by atoms with Gasteiger partial charge in [-0.15, -0.1) is 0 Å². The summed E-state index contributed by atoms with van der Waals surface area (Å²) in [7, 11) is -2.11. The number of hydrogen-bond donors (Lipinski definition) is 1. The summed E-state index contributed by atoms with van der Waals surface area (Å²) in [5.41, 5.74) is 0.836. The van der Waals surface area contributed by atoms with Crippen LogP contribution in [-0.4, -0.2) is 32.8 Å². The van der Waals surface area contributed by atoms with Gasteiger partial charge in [0.15, 0.2) is 0 Å². The Morgan fingerprint density at radius 1 is 1.12 bits per heavy atom. The molecule has 1 N–H and O–H groups in total. The van der Waals surface area contributed by atoms with E-state index >= 15 is 0 Å². The summed E-state index contributed by atoms with van der Waals surface area (Å²) in [5.74, 6) is -0.259. The standard InChI is InChI=1S/C17H17N3O3S/c1-20(13-5-12-18)17(21)14-8-10-16(11-9-14)24(22,23)19-15-6-3-2-4-7-15/h2-4,6-11,19H,5,13H2,1H3. The molecule has 0 aliphatic carbocycles. The molecule has 0 aliphatic heterocycles. The molecule has 1 amide bonds. The average Bonchev–Trinajstić information content (AvgIpc) is 2.59. The van der Waals surface area contributed by atoms with E-state index in [-0.39, 0.29) is 17.2 Å². The SMILES string of the molecule is CN(CCC#N)C(=O)c1ccc(S(=O)(=O)Nc2ccccc2)cc1. The minimum Gasteiger partial charge on any atom is -0.341 e. The largest absolute Gasteiger partial charge is 0.341 e. The molecule has 0 bridgehead atoms. The highest BCUT2D eigenvalue weighted by molar-refractivity contribution is 7.92. The van der Waals surface area contributed by atoms with Crippen molar-refractivity contribution >= 4 is 21.6 Å². The fourth-order valence-electron chi connectivity index (χ4n) is 2.04. The van der Waals surface area contributed by atoms with Crippen molar-refractivity contribution in [3.8, 4) is 6.07 Å². The average molecular weight is 343 g/mol. The zero-order valence-electron chi connectivity index (χ0n) is 13.1. The van der Waals surface area contributed by atoms with Gasteiger partial charge >= 0.3 is 0 Å². The minimum absolute atomic E-state index is 0.0718. The summed E-state index contributed by atoms with van der Waals surface area (Å²) in [5, 5.41) is 8.55. The number of rotatable bonds is 6. The molecular formula is C17H17N3O3S. The van der Waals surface area contributed by atoms with Crippen LogP contribution in [0.25, 0.3) is 0 Å². The maximum absolute atomic E-state index is 12.3. The highest BCUT2D eigenvalue weighted by Crippen LogP contribution is 2.17. The van der Waals surface area contributed by atoms with Gasteiger partial charge < -0.3 is 4.90 Å². The summed E-state index contributed by atoms with van der Waals surface area (Å²) >= 11 is 0. The van der Waals surface area contributed by atoms with E-state index in [9.17, 15) is 13.2 Å². The zero-order chi connectivity index (χ0) is 17.6. The third kappa shape index (κ3) is 4.33. The lowest BCUT2D eigenvalue weighted by Crippen LogP contribution is -2.27. The minimum atomic E-state index is -3.71. The molecule has 0 aliphatic rings. The van der Waals surface area contributed by atoms with Crippen molar-refractivity contribution in [2.75, 3.05) is 18.3 Å². The number of sulfonamides is 1. The van der Waals surface area contributed by atoms with Gasteiger partial charge in [0, 0.05) is 24.8 Å². The number of carbonyl (C=O) groups excluding carboxylic acids is 1. The lowest BCUT2D eigenvalue weighted by atomic mass is 10.2. The molecule has 0 saturated carbocycles. The van der Waals surface area contributed by atoms with E-state index < -0.39 is 10.0 Å². The highest BCUT2D eigenvalue weighted by atomic mass is 32.2. The number of anilines is 1. The van der Waals surface area contributed by atoms with E-state index in [4.69, 9.17) is 5.26 Å². The Kier molecular flexibility index (Phi) is 5.55. The molecule has 2 aromatic carbocycles. The highest BCUT2D eigenvalue weighted by Gasteiger charge is 2.16. The van der Waals surface area contributed by atoms with E-state index in [2.05, 4.69) is 4.72 Å². The van der Waals surface area contributed by atoms with Gasteiger partial charge in [0.2, 0.25) is 0 Å². The van der Waals surface area contributed by atoms with Crippen molar-refractivity contribution in [2.45, 2.75) is 11.3 Å². The van der Waals surface area contributed by atoms with Crippen molar-refractivity contribution in [3.63, 3.8) is 0 Å². The van der Waals surface area contributed by atoms with Crippen LogP contribution in [0.4, 0.5) is 5.69 Å². The van der Waals surface area contributed by atoms with E-state index in [1.807, 2.05) is 6.07 Å². The Morgan fingerprint density at radius 2 is 1.75 bits per heavy atom. The van der Waals surface area contributed by atoms with Crippen molar-refractivity contribution in [1.82, 2.24) is 4.90 Å². The molecule has 0 unspecified atom stereocenters. The molecular weight excluding hydrogens is 326 g/mol. The summed E-state index contributed by atoms with van der Waals surface area (Å²) < 4.78 is 27.1. The van der Waals surface area contributed by atoms with Gasteiger partial charge in [-0.3, -0.25) is 9.52 Å². The van der Waals surface area contributed by atoms with Gasteiger partial charge in [-0.05, 0) is 36.4 Å². The molecule has 124 valence electrons. The quantitative estimate of drug-likeness (QED) is 0.872. The van der Waals surface area contributed by atoms with E-state index in [0.29, 0.717) is 17.8 Å². The van der Waals surface area contributed by atoms with E-state index in [1.54, 1.807) is 37.4 Å². The number of benzene rings is 2. The molecule has 2 rings (SSSR count). The number of hydrogen-bond acceptors (Lipinski definition) is 4. The molecule has 0 spiro atoms. The Bertz CT molecular complexity index is 841. The Balaban J connectivity index is 2.14. The van der Waals surface area contributed by atoms with Crippen LogP contribution in [0.15, 0.2) is 59.5 Å². The van der Waals surface area contributed by atoms with Crippen molar-refractivity contribution in [2.24, 2.45) is 0 Å². The number of carbonyl (C=O) groups is 1. The first kappa shape index (κ1) is 17.5. The third-order valence-corrected chi connectivity index (χ3v) is 4.74. The van der Waals surface area contributed by atoms with Gasteiger partial charge in [-0.2, -0.15) is 5.26 Å². The predicted octanol–water partition coefficient (Wildman–Crippen LogP) is 2.47. The van der Waals surface area contributed by atoms with Crippen molar-refractivity contribution in [1.29, 1.82) is 5.26 Å². The maximum Gasteiger partial charge on any atom is 0.261 e. The third-order valence-electron chi connectivity index (χ3n) is 3.34. The number of nitrogens with zero attached hydrogens (tertiary/aromatic N) is 2. The summed E-state index contributed by atoms with van der Waals surface area (Å²) in [4.78, 5) is 13.7. The second kappa shape index (κ2) is 7.62. The first-order chi connectivity index (χ1) is 11.4. The molecule has 7 heteroatoms. The fourth-order valence-corrected chi connectivity index (χ4v) is 3.10. The molecule has 0 radical (unpaired) electrons. The number of para-hydroxylation sites is 1. The first-order valence-electron chi connectivity index (χ1n) is 7.24. The van der Waals surface area contributed by atoms with Crippen molar-refractivity contribution < 1.29 is 13.2 Å². The Labute approximate surface area is 141 Å². The van der Waals surface area contributed by atoms with Gasteiger partial charge in [0.25, 0.3) is 15.9 Å². The van der Waals surface area contributed by atoms with Crippen LogP contribution in [-0.2, 0) is 10.0 Å². The Morgan fingerprint density at radius 3 is 2.33 bits per heavy atom. The Hall–Kier alpha value is -2.85. The lowest BCUT2D eigenvalue weighted by molar-refractivity contribution is 0.0798. The topological polar surface area (TPSA) is 90.3 Å². The lowest BCUT2D eigenvalue weighted by Gasteiger charge is -2.15. The van der Waals surface area contributed by atoms with Crippen LogP contribution in [0.3, 0.4) is 0 Å². The second-order valence-corrected chi connectivity index (χ2v) is 6.81. The number of amides is 1. The zero-order valence-corrected chi connectivity index (χ0v) is 14.0. The van der Waals surface area contributed by atoms with Gasteiger partial charge in [-0.1, -0.05) is 18.2 Å². The fraction of sp³-hybridized carbons (Fsp3) is 0.176. The second-order valence-electron chi connectivity index (χ2n) is 5.13. The summed E-state index contributed by atoms with van der Waals surface area (Å²) in [6, 6.07) is 16.2. The van der Waals surface area contributed by atoms with Crippen LogP contribution >= 0.6 is 0 Å². The maximum atomic E-state index is 12.3. The van der Waals surface area contributed by atoms with E-state index in [0.717, 1.165) is 0 Å². The molecule has 2 aromatic rings. The molecule has 0 heterocycles. The monoisotopic (exact) mass is 343 g/mol. The molecule has 0 fully saturated rings. The summed E-state index contributed by atoms with van der Waals surface area (Å²) in [6.07, 6.45) is 0.246. The first-order valence-corrected chi connectivity index (χ1v) is 8.73. The van der Waals surface area contributed by atoms with Crippen LogP contribution in [0.2, 0.25) is 0 Å². The van der Waals surface area contributed by atoms with Crippen LogP contribution in [0, 0.1) is 11.3 Å². The normalized spacial score (nSPS) is 10.7. The molecule has 24 heavy (non-hydrogen) atoms. The van der Waals surface area contributed by atoms with Crippen LogP contribution in [0.5, 0.6) is 0 Å². The molecule has 0 aromatic heterocycles. The summed E-state index contributed by atoms with van der Waals surface area (Å²) in [6.45, 7) is 0.324. The number of nitriles is 1. The molecule has 0 atom stereocenters. The van der Waals surface area contributed by atoms with Gasteiger partial charge in [0.05, 0.1) is 17.4 Å². The molecule has 6 nitrogen and oxygen atoms in total. The van der Waals surface area contributed by atoms with Crippen LogP contribution in [0.1, 0.15) is 16.8 Å². The van der Waals surface area contributed by atoms with Crippen LogP contribution < -0.4 is 4.72 Å². The smallest absolute Gasteiger partial charge is 0.261 e. The van der Waals surface area contributed by atoms with Gasteiger partial charge in [0.1, 0.15) is 0 Å².